The van der Waals surface area contributed by atoms with Crippen LogP contribution in [0.25, 0.3) is 0 Å². The van der Waals surface area contributed by atoms with Gasteiger partial charge in [-0.25, -0.2) is 0 Å². The zero-order valence-corrected chi connectivity index (χ0v) is 6.72. The largest absolute Gasteiger partial charge is 0.383 e. The molecule has 1 aliphatic rings. The smallest absolute Gasteiger partial charge is 0.232 e. The van der Waals surface area contributed by atoms with E-state index in [1.54, 1.807) is 13.8 Å². The maximum Gasteiger partial charge on any atom is 0.232 e. The lowest BCUT2D eigenvalue weighted by Crippen LogP contribution is -2.29. The molecule has 1 amide bonds. The Kier molecular flexibility index (Phi) is 1.85. The van der Waals surface area contributed by atoms with Gasteiger partial charge in [-0.1, -0.05) is 0 Å². The lowest BCUT2D eigenvalue weighted by Gasteiger charge is -2.12. The molecule has 1 saturated heterocycles. The molecule has 2 radical (unpaired) electrons. The first-order valence-electron chi connectivity index (χ1n) is 3.03. The molecule has 0 aromatic rings. The molecular weight excluding hydrogens is 149 g/mol. The van der Waals surface area contributed by atoms with E-state index in [-0.39, 0.29) is 11.3 Å². The molecule has 3 atom stereocenters. The topological polar surface area (TPSA) is 37.4 Å². The molecule has 54 valence electrons. The summed E-state index contributed by atoms with van der Waals surface area (Å²) in [5, 5.41) is -0.762. The van der Waals surface area contributed by atoms with Crippen molar-refractivity contribution in [3.05, 3.63) is 0 Å². The Morgan fingerprint density at radius 3 is 2.20 bits per heavy atom. The fraction of sp³-hybridized carbons (Fsp3) is 0.800. The Balaban J connectivity index is 2.89. The average molecular weight is 157 g/mol. The molecule has 0 aliphatic carbocycles. The van der Waals surface area contributed by atoms with E-state index >= 15 is 0 Å². The summed E-state index contributed by atoms with van der Waals surface area (Å²) in [4.78, 5) is 12.0. The molecule has 3 unspecified atom stereocenters. The number of carbonyl (C=O) groups is 1. The second-order valence-electron chi connectivity index (χ2n) is 2.32. The van der Waals surface area contributed by atoms with Crippen molar-refractivity contribution in [2.24, 2.45) is 0 Å². The molecule has 0 bridgehead atoms. The maximum absolute atomic E-state index is 11.1. The first kappa shape index (κ1) is 7.79. The minimum atomic E-state index is -1.12. The lowest BCUT2D eigenvalue weighted by molar-refractivity contribution is -0.125. The zero-order chi connectivity index (χ0) is 7.89. The van der Waals surface area contributed by atoms with Gasteiger partial charge in [0, 0.05) is 0 Å². The normalized spacial score (nSPS) is 40.8. The molecule has 0 spiro atoms. The molecule has 3 nitrogen and oxygen atoms in total. The van der Waals surface area contributed by atoms with Gasteiger partial charge in [-0.15, -0.1) is 0 Å². The summed E-state index contributed by atoms with van der Waals surface area (Å²) >= 11 is 0. The van der Waals surface area contributed by atoms with Gasteiger partial charge < -0.3 is 4.81 Å². The van der Waals surface area contributed by atoms with Crippen LogP contribution >= 0.6 is 0 Å². The summed E-state index contributed by atoms with van der Waals surface area (Å²) in [6.07, 6.45) is 0. The molecule has 1 fully saturated rings. The third-order valence-corrected chi connectivity index (χ3v) is 3.48. The Morgan fingerprint density at radius 1 is 1.60 bits per heavy atom. The number of amides is 1. The predicted octanol–water partition coefficient (Wildman–Crippen LogP) is -0.605. The van der Waals surface area contributed by atoms with Crippen molar-refractivity contribution in [2.45, 2.75) is 24.5 Å². The van der Waals surface area contributed by atoms with E-state index in [9.17, 15) is 9.00 Å². The lowest BCUT2D eigenvalue weighted by atomic mass is 10.2. The summed E-state index contributed by atoms with van der Waals surface area (Å²) in [7, 11) is 4.17. The Hall–Kier alpha value is -0.315. The molecule has 0 aromatic carbocycles. The van der Waals surface area contributed by atoms with Crippen molar-refractivity contribution in [1.82, 2.24) is 4.81 Å². The third kappa shape index (κ3) is 0.886. The summed E-state index contributed by atoms with van der Waals surface area (Å²) in [6.45, 7) is 3.30. The molecule has 10 heavy (non-hydrogen) atoms. The second kappa shape index (κ2) is 2.38. The van der Waals surface area contributed by atoms with Crippen LogP contribution < -0.4 is 0 Å². The first-order valence-corrected chi connectivity index (χ1v) is 4.30. The number of nitrogens with zero attached hydrogens (tertiary/aromatic N) is 1. The Labute approximate surface area is 63.7 Å². The van der Waals surface area contributed by atoms with Crippen LogP contribution in [0.2, 0.25) is 0 Å². The van der Waals surface area contributed by atoms with Gasteiger partial charge in [0.25, 0.3) is 0 Å². The van der Waals surface area contributed by atoms with Crippen LogP contribution in [0.3, 0.4) is 0 Å². The van der Waals surface area contributed by atoms with E-state index < -0.39 is 16.0 Å². The molecule has 1 heterocycles. The minimum Gasteiger partial charge on any atom is -0.383 e. The highest BCUT2D eigenvalue weighted by atomic mass is 32.2. The van der Waals surface area contributed by atoms with Crippen LogP contribution in [0.5, 0.6) is 0 Å². The van der Waals surface area contributed by atoms with E-state index in [4.69, 9.17) is 7.98 Å². The second-order valence-corrected chi connectivity index (χ2v) is 4.36. The quantitative estimate of drug-likeness (QED) is 0.440. The fourth-order valence-electron chi connectivity index (χ4n) is 0.896. The highest BCUT2D eigenvalue weighted by Gasteiger charge is 2.37. The molecular formula is C5H8BNO2S. The van der Waals surface area contributed by atoms with Gasteiger partial charge in [-0.3, -0.25) is 9.00 Å². The van der Waals surface area contributed by atoms with Crippen LogP contribution in [-0.4, -0.2) is 33.5 Å². The van der Waals surface area contributed by atoms with Crippen LogP contribution in [0.1, 0.15) is 13.8 Å². The molecule has 0 aromatic heterocycles. The summed E-state index contributed by atoms with van der Waals surface area (Å²) in [5.74, 6) is -0.231. The molecule has 1 aliphatic heterocycles. The predicted molar refractivity (Wildman–Crippen MR) is 39.7 cm³/mol. The van der Waals surface area contributed by atoms with E-state index in [1.165, 1.54) is 0 Å². The van der Waals surface area contributed by atoms with Crippen molar-refractivity contribution in [1.29, 1.82) is 0 Å². The van der Waals surface area contributed by atoms with E-state index in [0.29, 0.717) is 0 Å². The minimum absolute atomic E-state index is 0.231. The van der Waals surface area contributed by atoms with Crippen molar-refractivity contribution < 1.29 is 9.00 Å². The average Bonchev–Trinajstić information content (AvgIpc) is 2.07. The molecule has 0 N–H and O–H groups in total. The fourth-order valence-corrected chi connectivity index (χ4v) is 2.13. The maximum atomic E-state index is 11.1. The van der Waals surface area contributed by atoms with Gasteiger partial charge in [-0.2, -0.15) is 0 Å². The first-order chi connectivity index (χ1) is 4.55. The Morgan fingerprint density at radius 2 is 2.10 bits per heavy atom. The highest BCUT2D eigenvalue weighted by Crippen LogP contribution is 2.17. The number of carbonyl (C=O) groups excluding carboxylic acids is 1. The van der Waals surface area contributed by atoms with Gasteiger partial charge >= 0.3 is 0 Å². The molecule has 0 saturated carbocycles. The number of hydrogen-bond acceptors (Lipinski definition) is 2. The van der Waals surface area contributed by atoms with Crippen LogP contribution in [0, 0.1) is 0 Å². The van der Waals surface area contributed by atoms with E-state index in [1.807, 2.05) is 0 Å². The van der Waals surface area contributed by atoms with Crippen molar-refractivity contribution in [3.8, 4) is 0 Å². The third-order valence-electron chi connectivity index (χ3n) is 1.68. The van der Waals surface area contributed by atoms with Crippen LogP contribution in [0.4, 0.5) is 0 Å². The van der Waals surface area contributed by atoms with Crippen LogP contribution in [0.15, 0.2) is 0 Å². The Bertz CT molecular complexity index is 176. The number of hydrogen-bond donors (Lipinski definition) is 0. The summed E-state index contributed by atoms with van der Waals surface area (Å²) < 4.78 is 11.1. The zero-order valence-electron chi connectivity index (χ0n) is 5.90. The standard InChI is InChI=1S/C5H8BNO2S/c1-3-5(8)7(6)4(2)10(3)9/h3-4H,1-2H3. The van der Waals surface area contributed by atoms with Crippen molar-refractivity contribution in [3.63, 3.8) is 0 Å². The van der Waals surface area contributed by atoms with Gasteiger partial charge in [0.05, 0.1) is 16.2 Å². The SMILES string of the molecule is [B]N1C(=O)C(C)S(=O)C1C. The highest BCUT2D eigenvalue weighted by molar-refractivity contribution is 7.87. The van der Waals surface area contributed by atoms with E-state index in [0.717, 1.165) is 4.81 Å². The van der Waals surface area contributed by atoms with Crippen molar-refractivity contribution >= 4 is 24.7 Å². The monoisotopic (exact) mass is 157 g/mol. The van der Waals surface area contributed by atoms with Gasteiger partial charge in [0.15, 0.2) is 0 Å². The van der Waals surface area contributed by atoms with E-state index in [2.05, 4.69) is 0 Å². The number of rotatable bonds is 0. The summed E-state index contributed by atoms with van der Waals surface area (Å²) in [6, 6.07) is 0. The summed E-state index contributed by atoms with van der Waals surface area (Å²) in [5.41, 5.74) is 0. The molecule has 5 heteroatoms. The van der Waals surface area contributed by atoms with Gasteiger partial charge in [0.1, 0.15) is 5.25 Å². The molecule has 1 rings (SSSR count). The van der Waals surface area contributed by atoms with Crippen molar-refractivity contribution in [2.75, 3.05) is 0 Å². The van der Waals surface area contributed by atoms with Gasteiger partial charge in [0.2, 0.25) is 13.9 Å². The van der Waals surface area contributed by atoms with Gasteiger partial charge in [-0.05, 0) is 13.8 Å². The van der Waals surface area contributed by atoms with Crippen LogP contribution in [-0.2, 0) is 15.6 Å².